The second kappa shape index (κ2) is 7.68. The van der Waals surface area contributed by atoms with Crippen LogP contribution < -0.4 is 10.6 Å². The highest BCUT2D eigenvalue weighted by Gasteiger charge is 2.11. The molecule has 0 atom stereocenters. The molecule has 2 aromatic rings. The molecule has 0 saturated carbocycles. The van der Waals surface area contributed by atoms with Crippen molar-refractivity contribution in [2.75, 3.05) is 11.9 Å². The molecule has 0 bridgehead atoms. The summed E-state index contributed by atoms with van der Waals surface area (Å²) in [5.41, 5.74) is 1.92. The van der Waals surface area contributed by atoms with Crippen LogP contribution in [0.3, 0.4) is 0 Å². The molecule has 0 aliphatic carbocycles. The Morgan fingerprint density at radius 2 is 2.13 bits per heavy atom. The number of aryl methyl sites for hydroxylation is 2. The minimum absolute atomic E-state index is 0.190. The third kappa shape index (κ3) is 4.75. The Kier molecular flexibility index (Phi) is 5.64. The number of thiazole rings is 1. The number of nitrogens with zero attached hydrogens (tertiary/aromatic N) is 2. The molecule has 0 spiro atoms. The summed E-state index contributed by atoms with van der Waals surface area (Å²) < 4.78 is 4.77. The van der Waals surface area contributed by atoms with Crippen LogP contribution in [-0.2, 0) is 11.3 Å². The number of hydrogen-bond acceptors (Lipinski definition) is 6. The molecular formula is C15H18N4O3S. The van der Waals surface area contributed by atoms with Crippen molar-refractivity contribution in [1.29, 1.82) is 0 Å². The molecular weight excluding hydrogens is 316 g/mol. The fraction of sp³-hybridized carbons (Fsp3) is 0.333. The lowest BCUT2D eigenvalue weighted by Crippen LogP contribution is -2.24. The van der Waals surface area contributed by atoms with Crippen molar-refractivity contribution in [2.45, 2.75) is 27.3 Å². The van der Waals surface area contributed by atoms with E-state index in [4.69, 9.17) is 4.74 Å². The van der Waals surface area contributed by atoms with Gasteiger partial charge in [-0.25, -0.2) is 9.78 Å². The lowest BCUT2D eigenvalue weighted by molar-refractivity contribution is 0.102. The lowest BCUT2D eigenvalue weighted by atomic mass is 10.2. The van der Waals surface area contributed by atoms with Crippen LogP contribution in [0.25, 0.3) is 0 Å². The summed E-state index contributed by atoms with van der Waals surface area (Å²) in [5, 5.41) is 5.88. The maximum atomic E-state index is 12.2. The topological polar surface area (TPSA) is 93.2 Å². The third-order valence-corrected chi connectivity index (χ3v) is 4.01. The second-order valence-electron chi connectivity index (χ2n) is 4.72. The van der Waals surface area contributed by atoms with Gasteiger partial charge in [0.1, 0.15) is 0 Å². The molecule has 2 N–H and O–H groups in total. The Bertz CT molecular complexity index is 695. The fourth-order valence-electron chi connectivity index (χ4n) is 1.76. The Labute approximate surface area is 138 Å². The van der Waals surface area contributed by atoms with Crippen molar-refractivity contribution in [3.05, 3.63) is 40.2 Å². The minimum atomic E-state index is -0.516. The average molecular weight is 334 g/mol. The smallest absolute Gasteiger partial charge is 0.407 e. The number of carbonyl (C=O) groups is 2. The first kappa shape index (κ1) is 16.9. The van der Waals surface area contributed by atoms with E-state index in [-0.39, 0.29) is 12.5 Å². The zero-order valence-electron chi connectivity index (χ0n) is 13.2. The zero-order chi connectivity index (χ0) is 16.8. The van der Waals surface area contributed by atoms with E-state index >= 15 is 0 Å². The number of hydrogen-bond donors (Lipinski definition) is 2. The van der Waals surface area contributed by atoms with Gasteiger partial charge in [0.05, 0.1) is 24.5 Å². The Balaban J connectivity index is 2.00. The summed E-state index contributed by atoms with van der Waals surface area (Å²) in [5.74, 6) is -0.265. The highest BCUT2D eigenvalue weighted by atomic mass is 32.1. The number of pyridine rings is 1. The van der Waals surface area contributed by atoms with Gasteiger partial charge < -0.3 is 10.1 Å². The summed E-state index contributed by atoms with van der Waals surface area (Å²) in [7, 11) is 0. The molecule has 23 heavy (non-hydrogen) atoms. The first-order valence-electron chi connectivity index (χ1n) is 7.10. The van der Waals surface area contributed by atoms with Crippen molar-refractivity contribution in [2.24, 2.45) is 0 Å². The molecule has 0 aromatic carbocycles. The van der Waals surface area contributed by atoms with E-state index in [0.29, 0.717) is 23.0 Å². The van der Waals surface area contributed by atoms with E-state index in [1.165, 1.54) is 17.5 Å². The number of anilines is 1. The molecule has 0 unspecified atom stereocenters. The summed E-state index contributed by atoms with van der Waals surface area (Å²) in [6.45, 7) is 6.07. The molecule has 2 heterocycles. The van der Waals surface area contributed by atoms with Gasteiger partial charge in [-0.2, -0.15) is 0 Å². The number of amides is 2. The largest absolute Gasteiger partial charge is 0.450 e. The molecule has 7 nitrogen and oxygen atoms in total. The molecule has 122 valence electrons. The maximum Gasteiger partial charge on any atom is 0.407 e. The Hall–Kier alpha value is -2.48. The third-order valence-electron chi connectivity index (χ3n) is 3.02. The summed E-state index contributed by atoms with van der Waals surface area (Å²) >= 11 is 1.43. The number of rotatable bonds is 5. The number of ether oxygens (including phenoxy) is 1. The first-order valence-corrected chi connectivity index (χ1v) is 7.92. The average Bonchev–Trinajstić information content (AvgIpc) is 2.84. The van der Waals surface area contributed by atoms with E-state index in [2.05, 4.69) is 20.6 Å². The van der Waals surface area contributed by atoms with Crippen molar-refractivity contribution < 1.29 is 14.3 Å². The van der Waals surface area contributed by atoms with Crippen molar-refractivity contribution in [3.63, 3.8) is 0 Å². The number of nitrogens with one attached hydrogen (secondary N) is 2. The first-order chi connectivity index (χ1) is 11.0. The van der Waals surface area contributed by atoms with Gasteiger partial charge >= 0.3 is 6.09 Å². The van der Waals surface area contributed by atoms with Gasteiger partial charge in [0.25, 0.3) is 5.91 Å². The van der Waals surface area contributed by atoms with Gasteiger partial charge in [0, 0.05) is 16.6 Å². The molecule has 2 rings (SSSR count). The van der Waals surface area contributed by atoms with Gasteiger partial charge in [-0.05, 0) is 32.9 Å². The normalized spacial score (nSPS) is 10.2. The predicted octanol–water partition coefficient (Wildman–Crippen LogP) is 2.65. The van der Waals surface area contributed by atoms with Crippen LogP contribution in [-0.4, -0.2) is 28.6 Å². The number of aromatic nitrogens is 2. The maximum absolute atomic E-state index is 12.2. The standard InChI is InChI=1S/C15H18N4O3S/c1-4-22-15(21)17-8-12-7-11(5-6-16-12)13(20)19-14-18-9(2)10(3)23-14/h5-7H,4,8H2,1-3H3,(H,17,21)(H,18,19,20). The van der Waals surface area contributed by atoms with Gasteiger partial charge in [0.15, 0.2) is 5.13 Å². The van der Waals surface area contributed by atoms with Crippen LogP contribution in [0.4, 0.5) is 9.93 Å². The predicted molar refractivity (Wildman–Crippen MR) is 87.6 cm³/mol. The summed E-state index contributed by atoms with van der Waals surface area (Å²) in [6.07, 6.45) is 1.01. The Morgan fingerprint density at radius 1 is 1.35 bits per heavy atom. The van der Waals surface area contributed by atoms with Crippen molar-refractivity contribution >= 4 is 28.5 Å². The quantitative estimate of drug-likeness (QED) is 0.877. The van der Waals surface area contributed by atoms with Crippen LogP contribution in [0.1, 0.15) is 33.5 Å². The number of alkyl carbamates (subject to hydrolysis) is 1. The second-order valence-corrected chi connectivity index (χ2v) is 5.93. The van der Waals surface area contributed by atoms with Crippen LogP contribution in [0.15, 0.2) is 18.3 Å². The van der Waals surface area contributed by atoms with E-state index < -0.39 is 6.09 Å². The molecule has 8 heteroatoms. The SMILES string of the molecule is CCOC(=O)NCc1cc(C(=O)Nc2nc(C)c(C)s2)ccn1. The molecule has 0 radical (unpaired) electrons. The monoisotopic (exact) mass is 334 g/mol. The summed E-state index contributed by atoms with van der Waals surface area (Å²) in [6, 6.07) is 3.23. The highest BCUT2D eigenvalue weighted by molar-refractivity contribution is 7.15. The lowest BCUT2D eigenvalue weighted by Gasteiger charge is -2.06. The van der Waals surface area contributed by atoms with Gasteiger partial charge in [-0.1, -0.05) is 0 Å². The van der Waals surface area contributed by atoms with Crippen LogP contribution in [0.2, 0.25) is 0 Å². The molecule has 2 amide bonds. The van der Waals surface area contributed by atoms with E-state index in [1.807, 2.05) is 13.8 Å². The van der Waals surface area contributed by atoms with E-state index in [1.54, 1.807) is 19.1 Å². The van der Waals surface area contributed by atoms with E-state index in [0.717, 1.165) is 10.6 Å². The fourth-order valence-corrected chi connectivity index (χ4v) is 2.57. The van der Waals surface area contributed by atoms with Crippen LogP contribution in [0.5, 0.6) is 0 Å². The van der Waals surface area contributed by atoms with E-state index in [9.17, 15) is 9.59 Å². The molecule has 0 aliphatic rings. The molecule has 2 aromatic heterocycles. The van der Waals surface area contributed by atoms with Crippen LogP contribution >= 0.6 is 11.3 Å². The Morgan fingerprint density at radius 3 is 2.78 bits per heavy atom. The van der Waals surface area contributed by atoms with Crippen LogP contribution in [0, 0.1) is 13.8 Å². The van der Waals surface area contributed by atoms with Crippen molar-refractivity contribution in [1.82, 2.24) is 15.3 Å². The van der Waals surface area contributed by atoms with Gasteiger partial charge in [-0.3, -0.25) is 15.1 Å². The molecule has 0 fully saturated rings. The molecule has 0 saturated heterocycles. The zero-order valence-corrected chi connectivity index (χ0v) is 14.0. The minimum Gasteiger partial charge on any atom is -0.450 e. The van der Waals surface area contributed by atoms with Gasteiger partial charge in [-0.15, -0.1) is 11.3 Å². The summed E-state index contributed by atoms with van der Waals surface area (Å²) in [4.78, 5) is 33.0. The molecule has 0 aliphatic heterocycles. The van der Waals surface area contributed by atoms with Gasteiger partial charge in [0.2, 0.25) is 0 Å². The van der Waals surface area contributed by atoms with Crippen molar-refractivity contribution in [3.8, 4) is 0 Å². The number of carbonyl (C=O) groups excluding carboxylic acids is 2. The highest BCUT2D eigenvalue weighted by Crippen LogP contribution is 2.21.